The number of amides is 1. The van der Waals surface area contributed by atoms with Gasteiger partial charge in [0.1, 0.15) is 23.9 Å². The number of fused-ring (bicyclic) bond motifs is 1. The van der Waals surface area contributed by atoms with Crippen molar-refractivity contribution in [2.24, 2.45) is 0 Å². The topological polar surface area (TPSA) is 56.6 Å². The minimum absolute atomic E-state index is 0.0306. The second-order valence-electron chi connectivity index (χ2n) is 8.38. The Morgan fingerprint density at radius 1 is 1.00 bits per heavy atom. The molecule has 0 saturated carbocycles. The Bertz CT molecular complexity index is 1280. The lowest BCUT2D eigenvalue weighted by Crippen LogP contribution is -2.24. The Labute approximate surface area is 193 Å². The summed E-state index contributed by atoms with van der Waals surface area (Å²) in [4.78, 5) is 19.7. The zero-order chi connectivity index (χ0) is 22.8. The van der Waals surface area contributed by atoms with E-state index in [1.54, 1.807) is 7.11 Å². The van der Waals surface area contributed by atoms with Crippen molar-refractivity contribution in [1.82, 2.24) is 9.55 Å². The zero-order valence-corrected chi connectivity index (χ0v) is 18.9. The van der Waals surface area contributed by atoms with Crippen molar-refractivity contribution in [3.63, 3.8) is 0 Å². The van der Waals surface area contributed by atoms with E-state index in [4.69, 9.17) is 14.5 Å². The number of anilines is 1. The maximum absolute atomic E-state index is 12.9. The number of nitrogens with zero attached hydrogens (tertiary/aromatic N) is 3. The summed E-state index contributed by atoms with van der Waals surface area (Å²) in [5.74, 6) is 2.63. The quantitative estimate of drug-likeness (QED) is 0.407. The van der Waals surface area contributed by atoms with Crippen LogP contribution in [0, 0.1) is 6.92 Å². The van der Waals surface area contributed by atoms with E-state index >= 15 is 0 Å². The summed E-state index contributed by atoms with van der Waals surface area (Å²) in [6.07, 6.45) is 0.452. The molecule has 5 rings (SSSR count). The highest BCUT2D eigenvalue weighted by atomic mass is 16.5. The predicted molar refractivity (Wildman–Crippen MR) is 129 cm³/mol. The standard InChI is InChI=1S/C27H27N3O3/c1-19-10-12-21(13-11-19)30-18-20(16-26(30)31)27-28-24-8-3-4-9-25(24)29(27)14-15-33-23-7-5-6-22(17-23)32-2/h3-13,17,20H,14-16,18H2,1-2H3/t20-/m0/s1. The van der Waals surface area contributed by atoms with Crippen molar-refractivity contribution in [2.45, 2.75) is 25.8 Å². The van der Waals surface area contributed by atoms with Crippen LogP contribution in [-0.4, -0.2) is 35.7 Å². The van der Waals surface area contributed by atoms with E-state index in [1.165, 1.54) is 5.56 Å². The summed E-state index contributed by atoms with van der Waals surface area (Å²) in [6, 6.07) is 23.8. The monoisotopic (exact) mass is 441 g/mol. The lowest BCUT2D eigenvalue weighted by molar-refractivity contribution is -0.117. The van der Waals surface area contributed by atoms with Crippen molar-refractivity contribution < 1.29 is 14.3 Å². The molecule has 2 heterocycles. The molecule has 168 valence electrons. The number of hydrogen-bond donors (Lipinski definition) is 0. The van der Waals surface area contributed by atoms with Crippen LogP contribution in [0.5, 0.6) is 11.5 Å². The molecule has 1 fully saturated rings. The number of methoxy groups -OCH3 is 1. The normalized spacial score (nSPS) is 15.9. The summed E-state index contributed by atoms with van der Waals surface area (Å²) in [5, 5.41) is 0. The molecule has 1 atom stereocenters. The van der Waals surface area contributed by atoms with Crippen LogP contribution >= 0.6 is 0 Å². The fourth-order valence-corrected chi connectivity index (χ4v) is 4.44. The van der Waals surface area contributed by atoms with Gasteiger partial charge in [0, 0.05) is 30.6 Å². The minimum atomic E-state index is 0.0306. The van der Waals surface area contributed by atoms with Gasteiger partial charge in [-0.15, -0.1) is 0 Å². The molecule has 0 radical (unpaired) electrons. The van der Waals surface area contributed by atoms with Crippen molar-refractivity contribution in [3.05, 3.63) is 84.2 Å². The lowest BCUT2D eigenvalue weighted by atomic mass is 10.1. The molecule has 1 aromatic heterocycles. The summed E-state index contributed by atoms with van der Waals surface area (Å²) >= 11 is 0. The fourth-order valence-electron chi connectivity index (χ4n) is 4.44. The van der Waals surface area contributed by atoms with Crippen LogP contribution in [0.3, 0.4) is 0 Å². The lowest BCUT2D eigenvalue weighted by Gasteiger charge is -2.18. The van der Waals surface area contributed by atoms with E-state index in [9.17, 15) is 4.79 Å². The minimum Gasteiger partial charge on any atom is -0.497 e. The molecule has 6 nitrogen and oxygen atoms in total. The third kappa shape index (κ3) is 4.29. The number of ether oxygens (including phenoxy) is 2. The van der Waals surface area contributed by atoms with Gasteiger partial charge in [-0.05, 0) is 43.3 Å². The molecule has 4 aromatic rings. The number of para-hydroxylation sites is 2. The van der Waals surface area contributed by atoms with E-state index < -0.39 is 0 Å². The molecule has 0 spiro atoms. The highest BCUT2D eigenvalue weighted by molar-refractivity contribution is 5.96. The molecule has 0 bridgehead atoms. The average molecular weight is 442 g/mol. The van der Waals surface area contributed by atoms with Gasteiger partial charge >= 0.3 is 0 Å². The highest BCUT2D eigenvalue weighted by Gasteiger charge is 2.34. The first-order chi connectivity index (χ1) is 16.1. The van der Waals surface area contributed by atoms with Gasteiger partial charge in [-0.1, -0.05) is 35.9 Å². The van der Waals surface area contributed by atoms with E-state index in [0.29, 0.717) is 26.1 Å². The van der Waals surface area contributed by atoms with Crippen molar-refractivity contribution in [2.75, 3.05) is 25.2 Å². The van der Waals surface area contributed by atoms with Crippen LogP contribution in [0.25, 0.3) is 11.0 Å². The van der Waals surface area contributed by atoms with Gasteiger partial charge in [-0.3, -0.25) is 4.79 Å². The number of carbonyl (C=O) groups is 1. The highest BCUT2D eigenvalue weighted by Crippen LogP contribution is 2.33. The van der Waals surface area contributed by atoms with Crippen molar-refractivity contribution in [1.29, 1.82) is 0 Å². The molecule has 33 heavy (non-hydrogen) atoms. The molecular formula is C27H27N3O3. The third-order valence-electron chi connectivity index (χ3n) is 6.14. The summed E-state index contributed by atoms with van der Waals surface area (Å²) in [6.45, 7) is 3.81. The van der Waals surface area contributed by atoms with Gasteiger partial charge in [0.2, 0.25) is 5.91 Å². The van der Waals surface area contributed by atoms with Crippen molar-refractivity contribution >= 4 is 22.6 Å². The van der Waals surface area contributed by atoms with Crippen LogP contribution < -0.4 is 14.4 Å². The molecule has 0 N–H and O–H groups in total. The van der Waals surface area contributed by atoms with Crippen LogP contribution in [0.15, 0.2) is 72.8 Å². The number of carbonyl (C=O) groups excluding carboxylic acids is 1. The van der Waals surface area contributed by atoms with Crippen LogP contribution in [-0.2, 0) is 11.3 Å². The maximum Gasteiger partial charge on any atom is 0.227 e. The molecule has 6 heteroatoms. The van der Waals surface area contributed by atoms with E-state index in [1.807, 2.05) is 78.6 Å². The predicted octanol–water partition coefficient (Wildman–Crippen LogP) is 4.95. The molecule has 1 aliphatic heterocycles. The number of aryl methyl sites for hydroxylation is 1. The Balaban J connectivity index is 1.38. The van der Waals surface area contributed by atoms with Crippen LogP contribution in [0.1, 0.15) is 23.7 Å². The summed E-state index contributed by atoms with van der Waals surface area (Å²) < 4.78 is 13.5. The molecule has 1 saturated heterocycles. The Kier molecular flexibility index (Phi) is 5.73. The maximum atomic E-state index is 12.9. The van der Waals surface area contributed by atoms with Crippen LogP contribution in [0.2, 0.25) is 0 Å². The average Bonchev–Trinajstić information content (AvgIpc) is 3.40. The molecule has 1 aliphatic rings. The van der Waals surface area contributed by atoms with Crippen LogP contribution in [0.4, 0.5) is 5.69 Å². The van der Waals surface area contributed by atoms with Gasteiger partial charge in [-0.2, -0.15) is 0 Å². The largest absolute Gasteiger partial charge is 0.497 e. The fraction of sp³-hybridized carbons (Fsp3) is 0.259. The number of aromatic nitrogens is 2. The van der Waals surface area contributed by atoms with E-state index in [0.717, 1.165) is 34.0 Å². The smallest absolute Gasteiger partial charge is 0.227 e. The third-order valence-corrected chi connectivity index (χ3v) is 6.14. The van der Waals surface area contributed by atoms with E-state index in [2.05, 4.69) is 10.6 Å². The number of imidazole rings is 1. The molecule has 1 amide bonds. The van der Waals surface area contributed by atoms with Gasteiger partial charge in [0.05, 0.1) is 24.7 Å². The zero-order valence-electron chi connectivity index (χ0n) is 18.9. The number of rotatable bonds is 7. The number of hydrogen-bond acceptors (Lipinski definition) is 4. The number of benzene rings is 3. The Morgan fingerprint density at radius 3 is 2.61 bits per heavy atom. The van der Waals surface area contributed by atoms with Gasteiger partial charge in [0.25, 0.3) is 0 Å². The Morgan fingerprint density at radius 2 is 1.79 bits per heavy atom. The first kappa shape index (κ1) is 21.1. The molecule has 0 aliphatic carbocycles. The molecule has 3 aromatic carbocycles. The van der Waals surface area contributed by atoms with Gasteiger partial charge < -0.3 is 18.9 Å². The first-order valence-electron chi connectivity index (χ1n) is 11.2. The second kappa shape index (κ2) is 8.98. The van der Waals surface area contributed by atoms with Gasteiger partial charge in [-0.25, -0.2) is 4.98 Å². The Hall–Kier alpha value is -3.80. The van der Waals surface area contributed by atoms with E-state index in [-0.39, 0.29) is 11.8 Å². The molecular weight excluding hydrogens is 414 g/mol. The van der Waals surface area contributed by atoms with Gasteiger partial charge in [0.15, 0.2) is 0 Å². The SMILES string of the molecule is COc1cccc(OCCn2c([C@H]3CC(=O)N(c4ccc(C)cc4)C3)nc3ccccc32)c1. The second-order valence-corrected chi connectivity index (χ2v) is 8.38. The first-order valence-corrected chi connectivity index (χ1v) is 11.2. The molecule has 0 unspecified atom stereocenters. The summed E-state index contributed by atoms with van der Waals surface area (Å²) in [7, 11) is 1.64. The van der Waals surface area contributed by atoms with Crippen molar-refractivity contribution in [3.8, 4) is 11.5 Å². The summed E-state index contributed by atoms with van der Waals surface area (Å²) in [5.41, 5.74) is 4.12.